The molecule has 296 valence electrons. The van der Waals surface area contributed by atoms with Gasteiger partial charge in [0.05, 0.1) is 13.2 Å². The predicted octanol–water partition coefficient (Wildman–Crippen LogP) is 3.91. The molecule has 0 radical (unpaired) electrons. The predicted molar refractivity (Wildman–Crippen MR) is 194 cm³/mol. The van der Waals surface area contributed by atoms with Gasteiger partial charge >= 0.3 is 5.97 Å². The molecule has 8 N–H and O–H groups in total. The summed E-state index contributed by atoms with van der Waals surface area (Å²) < 4.78 is 15.4. The Kier molecular flexibility index (Phi) is 15.0. The number of Topliss-reactive ketones (excluding diaryl/α,β-unsaturated/α-hetero) is 2. The van der Waals surface area contributed by atoms with Crippen molar-refractivity contribution in [2.75, 3.05) is 13.2 Å². The molecular formula is C39H56O14. The first-order valence-corrected chi connectivity index (χ1v) is 17.2. The number of carbonyl (C=O) groups excluding carboxylic acids is 3. The minimum absolute atomic E-state index is 0.0579. The summed E-state index contributed by atoms with van der Waals surface area (Å²) in [5.41, 5.74) is 5.22. The van der Waals surface area contributed by atoms with Crippen molar-refractivity contribution in [1.82, 2.24) is 0 Å². The molecule has 14 heteroatoms. The molecule has 2 unspecified atom stereocenters. The molecule has 4 rings (SSSR count). The summed E-state index contributed by atoms with van der Waals surface area (Å²) in [6, 6.07) is 0. The van der Waals surface area contributed by atoms with Crippen molar-refractivity contribution >= 4 is 17.5 Å². The zero-order valence-corrected chi connectivity index (χ0v) is 32.2. The SMILES string of the molecule is C=C1O[C@H]([C@@H](O)CO)C(OC2CC(C)(C)C(C=C(C)C)=C(C)C2=O)=C1O.CC(C)=CC1=C(C)C(=O)C(O)CC1(C)C.O=C1O[C@H]([C@@H](O)CO)C(O)=C1O. The van der Waals surface area contributed by atoms with Crippen LogP contribution >= 0.6 is 0 Å². The van der Waals surface area contributed by atoms with E-state index in [1.54, 1.807) is 13.8 Å². The van der Waals surface area contributed by atoms with E-state index in [2.05, 4.69) is 31.2 Å². The van der Waals surface area contributed by atoms with Crippen molar-refractivity contribution < 1.29 is 69.4 Å². The maximum atomic E-state index is 12.8. The number of hydrogen-bond acceptors (Lipinski definition) is 14. The van der Waals surface area contributed by atoms with Crippen molar-refractivity contribution in [2.24, 2.45) is 10.8 Å². The summed E-state index contributed by atoms with van der Waals surface area (Å²) in [6.45, 7) is 22.1. The lowest BCUT2D eigenvalue weighted by Gasteiger charge is -2.37. The molecule has 0 fully saturated rings. The number of aliphatic hydroxyl groups excluding tert-OH is 8. The standard InChI is InChI=1S/C20H28O6.C13H20O2.C6H8O6/c1-10(2)7-13-11(3)16(23)15(8-20(13,5)6)26-19-17(24)12(4)25-18(19)14(22)9-21;1-8(2)6-10-9(3)12(15)11(14)7-13(10,4)5;7-1-2(8)5-3(9)4(10)6(11)12-5/h7,14-15,18,21-22,24H,4,8-9H2,1-3,5-6H3;6,11,14H,7H2,1-5H3;2,5,7-10H,1H2/t14-,15?,18+;;2-,5+/m0.0/s1. The molecule has 2 aliphatic carbocycles. The number of ketones is 2. The van der Waals surface area contributed by atoms with Gasteiger partial charge in [-0.05, 0) is 81.1 Å². The topological polar surface area (TPSA) is 241 Å². The first-order valence-electron chi connectivity index (χ1n) is 17.2. The molecule has 53 heavy (non-hydrogen) atoms. The highest BCUT2D eigenvalue weighted by atomic mass is 16.6. The van der Waals surface area contributed by atoms with Crippen LogP contribution in [-0.4, -0.2) is 108 Å². The Hall–Kier alpha value is -4.21. The molecule has 4 aliphatic rings. The van der Waals surface area contributed by atoms with Gasteiger partial charge in [0, 0.05) is 6.42 Å². The van der Waals surface area contributed by atoms with Crippen LogP contribution < -0.4 is 0 Å². The molecule has 0 saturated heterocycles. The molecular weight excluding hydrogens is 692 g/mol. The quantitative estimate of drug-likeness (QED) is 0.164. The second kappa shape index (κ2) is 17.7. The van der Waals surface area contributed by atoms with E-state index >= 15 is 0 Å². The van der Waals surface area contributed by atoms with Crippen molar-refractivity contribution in [3.05, 3.63) is 81.0 Å². The van der Waals surface area contributed by atoms with E-state index in [1.807, 2.05) is 47.6 Å². The van der Waals surface area contributed by atoms with Gasteiger partial charge in [-0.15, -0.1) is 0 Å². The van der Waals surface area contributed by atoms with Crippen LogP contribution in [-0.2, 0) is 28.6 Å². The van der Waals surface area contributed by atoms with E-state index in [9.17, 15) is 34.8 Å². The molecule has 0 amide bonds. The third-order valence-corrected chi connectivity index (χ3v) is 9.17. The average molecular weight is 749 g/mol. The van der Waals surface area contributed by atoms with Crippen LogP contribution in [0.3, 0.4) is 0 Å². The third-order valence-electron chi connectivity index (χ3n) is 9.17. The van der Waals surface area contributed by atoms with Crippen molar-refractivity contribution in [2.45, 2.75) is 119 Å². The highest BCUT2D eigenvalue weighted by molar-refractivity contribution is 6.01. The molecule has 14 nitrogen and oxygen atoms in total. The highest BCUT2D eigenvalue weighted by Gasteiger charge is 2.44. The largest absolute Gasteiger partial charge is 0.505 e. The summed E-state index contributed by atoms with van der Waals surface area (Å²) in [7, 11) is 0. The molecule has 0 aromatic heterocycles. The molecule has 0 aromatic rings. The molecule has 0 aromatic carbocycles. The molecule has 2 heterocycles. The normalized spacial score (nSPS) is 26.2. The van der Waals surface area contributed by atoms with E-state index in [4.69, 9.17) is 29.9 Å². The van der Waals surface area contributed by atoms with E-state index in [-0.39, 0.29) is 39.7 Å². The van der Waals surface area contributed by atoms with Gasteiger partial charge in [-0.25, -0.2) is 4.79 Å². The van der Waals surface area contributed by atoms with Crippen molar-refractivity contribution in [3.8, 4) is 0 Å². The number of esters is 1. The van der Waals surface area contributed by atoms with Crippen LogP contribution in [0.2, 0.25) is 0 Å². The van der Waals surface area contributed by atoms with Gasteiger partial charge in [0.15, 0.2) is 52.9 Å². The van der Waals surface area contributed by atoms with Crippen LogP contribution in [0.15, 0.2) is 81.0 Å². The Balaban J connectivity index is 0.000000304. The van der Waals surface area contributed by atoms with E-state index in [1.165, 1.54) is 5.57 Å². The Labute approximate surface area is 310 Å². The van der Waals surface area contributed by atoms with Gasteiger partial charge < -0.3 is 55.1 Å². The average Bonchev–Trinajstić information content (AvgIpc) is 3.50. The fourth-order valence-corrected chi connectivity index (χ4v) is 6.39. The Morgan fingerprint density at radius 2 is 1.25 bits per heavy atom. The van der Waals surface area contributed by atoms with Crippen LogP contribution in [0.5, 0.6) is 0 Å². The van der Waals surface area contributed by atoms with Crippen LogP contribution in [0.1, 0.15) is 82.1 Å². The first kappa shape index (κ1) is 44.9. The third kappa shape index (κ3) is 10.5. The summed E-state index contributed by atoms with van der Waals surface area (Å²) >= 11 is 0. The van der Waals surface area contributed by atoms with E-state index in [0.717, 1.165) is 16.7 Å². The zero-order valence-electron chi connectivity index (χ0n) is 32.2. The number of ether oxygens (including phenoxy) is 3. The summed E-state index contributed by atoms with van der Waals surface area (Å²) in [6.07, 6.45) is -1.81. The maximum absolute atomic E-state index is 12.8. The summed E-state index contributed by atoms with van der Waals surface area (Å²) in [4.78, 5) is 35.0. The van der Waals surface area contributed by atoms with Gasteiger partial charge in [0.25, 0.3) is 0 Å². The maximum Gasteiger partial charge on any atom is 0.377 e. The van der Waals surface area contributed by atoms with Gasteiger partial charge in [-0.2, -0.15) is 0 Å². The number of rotatable bonds is 8. The van der Waals surface area contributed by atoms with Crippen LogP contribution in [0.25, 0.3) is 0 Å². The Bertz CT molecular complexity index is 1640. The number of aliphatic hydroxyl groups is 8. The molecule has 6 atom stereocenters. The van der Waals surface area contributed by atoms with Crippen LogP contribution in [0, 0.1) is 10.8 Å². The van der Waals surface area contributed by atoms with Crippen LogP contribution in [0.4, 0.5) is 0 Å². The van der Waals surface area contributed by atoms with E-state index in [0.29, 0.717) is 24.0 Å². The second-order valence-electron chi connectivity index (χ2n) is 15.3. The van der Waals surface area contributed by atoms with Crippen molar-refractivity contribution in [1.29, 1.82) is 0 Å². The minimum atomic E-state index is -1.42. The lowest BCUT2D eigenvalue weighted by atomic mass is 9.70. The fraction of sp³-hybridized carbons (Fsp3) is 0.564. The number of hydrogen-bond donors (Lipinski definition) is 8. The van der Waals surface area contributed by atoms with Gasteiger partial charge in [-0.3, -0.25) is 9.59 Å². The number of cyclic esters (lactones) is 1. The molecule has 0 bridgehead atoms. The second-order valence-corrected chi connectivity index (χ2v) is 15.3. The Morgan fingerprint density at radius 3 is 1.68 bits per heavy atom. The zero-order chi connectivity index (χ0) is 40.9. The molecule has 0 spiro atoms. The summed E-state index contributed by atoms with van der Waals surface area (Å²) in [5.74, 6) is -3.54. The highest BCUT2D eigenvalue weighted by Crippen LogP contribution is 2.43. The lowest BCUT2D eigenvalue weighted by Crippen LogP contribution is -2.40. The van der Waals surface area contributed by atoms with Gasteiger partial charge in [0.1, 0.15) is 18.3 Å². The minimum Gasteiger partial charge on any atom is -0.505 e. The monoisotopic (exact) mass is 748 g/mol. The summed E-state index contributed by atoms with van der Waals surface area (Å²) in [5, 5.41) is 73.9. The molecule has 2 aliphatic heterocycles. The smallest absolute Gasteiger partial charge is 0.377 e. The van der Waals surface area contributed by atoms with Crippen molar-refractivity contribution in [3.63, 3.8) is 0 Å². The van der Waals surface area contributed by atoms with Gasteiger partial charge in [-0.1, -0.05) is 57.6 Å². The van der Waals surface area contributed by atoms with Gasteiger partial charge in [0.2, 0.25) is 5.76 Å². The number of carbonyl (C=O) groups is 3. The Morgan fingerprint density at radius 1 is 0.792 bits per heavy atom. The number of allylic oxidation sites excluding steroid dienone is 6. The molecule has 0 saturated carbocycles. The fourth-order valence-electron chi connectivity index (χ4n) is 6.39. The lowest BCUT2D eigenvalue weighted by molar-refractivity contribution is -0.147. The first-order chi connectivity index (χ1) is 24.3. The van der Waals surface area contributed by atoms with E-state index < -0.39 is 67.3 Å².